The summed E-state index contributed by atoms with van der Waals surface area (Å²) in [4.78, 5) is 30.6. The second-order valence-corrected chi connectivity index (χ2v) is 5.86. The van der Waals surface area contributed by atoms with Crippen LogP contribution >= 0.6 is 0 Å². The minimum Gasteiger partial charge on any atom is -0.545 e. The van der Waals surface area contributed by atoms with Crippen LogP contribution in [0.5, 0.6) is 0 Å². The van der Waals surface area contributed by atoms with Crippen molar-refractivity contribution in [3.05, 3.63) is 77.1 Å². The van der Waals surface area contributed by atoms with E-state index in [0.717, 1.165) is 5.56 Å². The van der Waals surface area contributed by atoms with Crippen LogP contribution in [0, 0.1) is 6.92 Å². The van der Waals surface area contributed by atoms with Crippen molar-refractivity contribution in [2.24, 2.45) is 4.99 Å². The van der Waals surface area contributed by atoms with Crippen molar-refractivity contribution in [3.63, 3.8) is 0 Å². The highest BCUT2D eigenvalue weighted by Gasteiger charge is 2.22. The van der Waals surface area contributed by atoms with Gasteiger partial charge in [-0.1, -0.05) is 42.5 Å². The van der Waals surface area contributed by atoms with Gasteiger partial charge in [-0.2, -0.15) is 0 Å². The molecule has 0 saturated carbocycles. The van der Waals surface area contributed by atoms with Gasteiger partial charge in [0.15, 0.2) is 0 Å². The molecule has 0 fully saturated rings. The summed E-state index contributed by atoms with van der Waals surface area (Å²) >= 11 is 0. The van der Waals surface area contributed by atoms with E-state index in [4.69, 9.17) is 4.74 Å². The first kappa shape index (κ1) is 18.1. The fourth-order valence-corrected chi connectivity index (χ4v) is 2.83. The van der Waals surface area contributed by atoms with E-state index in [-0.39, 0.29) is 5.56 Å². The molecule has 3 rings (SSSR count). The molecule has 0 amide bonds. The lowest BCUT2D eigenvalue weighted by Gasteiger charge is -2.05. The lowest BCUT2D eigenvalue weighted by Crippen LogP contribution is -2.21. The Balaban J connectivity index is 2.05. The number of hydrogen-bond donors (Lipinski definition) is 1. The van der Waals surface area contributed by atoms with E-state index in [2.05, 4.69) is 9.98 Å². The number of carbonyl (C=O) groups is 2. The lowest BCUT2D eigenvalue weighted by atomic mass is 10.0. The van der Waals surface area contributed by atoms with Gasteiger partial charge in [-0.05, 0) is 30.2 Å². The predicted molar refractivity (Wildman–Crippen MR) is 100 cm³/mol. The largest absolute Gasteiger partial charge is 0.545 e. The summed E-state index contributed by atoms with van der Waals surface area (Å²) in [5.74, 6) is -1.67. The van der Waals surface area contributed by atoms with E-state index in [9.17, 15) is 14.7 Å². The SMILES string of the molecule is COC(=O)c1c(C)[nH]c(C=Nc2ccc(C(=O)[O-])cc2)c1-c1ccccc1. The molecule has 1 heterocycles. The van der Waals surface area contributed by atoms with Gasteiger partial charge in [0.25, 0.3) is 0 Å². The molecule has 0 aliphatic rings. The number of esters is 1. The molecular formula is C21H17N2O4-. The normalized spacial score (nSPS) is 10.9. The summed E-state index contributed by atoms with van der Waals surface area (Å²) in [5, 5.41) is 10.8. The van der Waals surface area contributed by atoms with Crippen molar-refractivity contribution in [2.45, 2.75) is 6.92 Å². The van der Waals surface area contributed by atoms with Crippen LogP contribution in [0.1, 0.15) is 32.1 Å². The van der Waals surface area contributed by atoms with Gasteiger partial charge in [-0.15, -0.1) is 0 Å². The minimum atomic E-state index is -1.24. The van der Waals surface area contributed by atoms with E-state index in [1.165, 1.54) is 19.2 Å². The van der Waals surface area contributed by atoms with Gasteiger partial charge < -0.3 is 19.6 Å². The Labute approximate surface area is 156 Å². The van der Waals surface area contributed by atoms with Gasteiger partial charge in [-0.3, -0.25) is 4.99 Å². The molecule has 27 heavy (non-hydrogen) atoms. The van der Waals surface area contributed by atoms with Crippen molar-refractivity contribution in [2.75, 3.05) is 7.11 Å². The van der Waals surface area contributed by atoms with Crippen LogP contribution in [0.25, 0.3) is 11.1 Å². The van der Waals surface area contributed by atoms with E-state index >= 15 is 0 Å². The number of aromatic nitrogens is 1. The number of aromatic amines is 1. The van der Waals surface area contributed by atoms with E-state index in [0.29, 0.717) is 28.2 Å². The molecule has 0 aliphatic carbocycles. The molecule has 0 bridgehead atoms. The molecule has 3 aromatic rings. The maximum absolute atomic E-state index is 12.3. The number of benzene rings is 2. The number of nitrogens with zero attached hydrogens (tertiary/aromatic N) is 1. The second kappa shape index (κ2) is 7.70. The molecule has 2 aromatic carbocycles. The van der Waals surface area contributed by atoms with Gasteiger partial charge in [-0.25, -0.2) is 4.79 Å². The third kappa shape index (κ3) is 3.79. The number of hydrogen-bond acceptors (Lipinski definition) is 5. The van der Waals surface area contributed by atoms with Crippen LogP contribution in [-0.2, 0) is 4.74 Å². The van der Waals surface area contributed by atoms with E-state index in [1.807, 2.05) is 30.3 Å². The Bertz CT molecular complexity index is 1000. The maximum Gasteiger partial charge on any atom is 0.340 e. The summed E-state index contributed by atoms with van der Waals surface area (Å²) in [6.45, 7) is 1.80. The quantitative estimate of drug-likeness (QED) is 0.558. The first-order valence-electron chi connectivity index (χ1n) is 8.23. The summed E-state index contributed by atoms with van der Waals surface area (Å²) in [7, 11) is 1.34. The van der Waals surface area contributed by atoms with Crippen molar-refractivity contribution in [1.29, 1.82) is 0 Å². The molecule has 6 nitrogen and oxygen atoms in total. The Morgan fingerprint density at radius 3 is 2.33 bits per heavy atom. The Morgan fingerprint density at radius 2 is 1.74 bits per heavy atom. The zero-order valence-corrected chi connectivity index (χ0v) is 14.9. The summed E-state index contributed by atoms with van der Waals surface area (Å²) < 4.78 is 4.93. The van der Waals surface area contributed by atoms with Gasteiger partial charge in [0.05, 0.1) is 36.2 Å². The zero-order valence-electron chi connectivity index (χ0n) is 14.9. The number of aliphatic imine (C=N–C) groups is 1. The molecule has 0 saturated heterocycles. The highest BCUT2D eigenvalue weighted by atomic mass is 16.5. The van der Waals surface area contributed by atoms with Crippen LogP contribution in [-0.4, -0.2) is 30.2 Å². The monoisotopic (exact) mass is 361 g/mol. The van der Waals surface area contributed by atoms with Gasteiger partial charge in [0.1, 0.15) is 0 Å². The van der Waals surface area contributed by atoms with Crippen LogP contribution in [0.3, 0.4) is 0 Å². The Kier molecular flexibility index (Phi) is 5.17. The Morgan fingerprint density at radius 1 is 1.07 bits per heavy atom. The number of carboxylic acid groups (broad SMARTS) is 1. The number of aryl methyl sites for hydroxylation is 1. The number of ether oxygens (including phenoxy) is 1. The average molecular weight is 361 g/mol. The molecule has 0 spiro atoms. The molecule has 0 unspecified atom stereocenters. The topological polar surface area (TPSA) is 94.6 Å². The molecule has 1 aromatic heterocycles. The Hall–Kier alpha value is -3.67. The number of carbonyl (C=O) groups excluding carboxylic acids is 2. The molecule has 0 radical (unpaired) electrons. The standard InChI is InChI=1S/C21H18N2O4/c1-13-18(21(26)27-2)19(14-6-4-3-5-7-14)17(23-13)12-22-16-10-8-15(9-11-16)20(24)25/h3-12,23H,1-2H3,(H,24,25)/p-1. The van der Waals surface area contributed by atoms with Crippen LogP contribution in [0.2, 0.25) is 0 Å². The number of aromatic carboxylic acids is 1. The molecular weight excluding hydrogens is 344 g/mol. The average Bonchev–Trinajstić information content (AvgIpc) is 3.03. The number of H-pyrrole nitrogens is 1. The van der Waals surface area contributed by atoms with Gasteiger partial charge in [0, 0.05) is 11.3 Å². The highest BCUT2D eigenvalue weighted by Crippen LogP contribution is 2.30. The third-order valence-corrected chi connectivity index (χ3v) is 4.11. The van der Waals surface area contributed by atoms with Crippen LogP contribution in [0.4, 0.5) is 5.69 Å². The van der Waals surface area contributed by atoms with Crippen molar-refractivity contribution >= 4 is 23.8 Å². The van der Waals surface area contributed by atoms with Crippen molar-refractivity contribution < 1.29 is 19.4 Å². The molecule has 1 N–H and O–H groups in total. The number of rotatable bonds is 5. The smallest absolute Gasteiger partial charge is 0.340 e. The number of carboxylic acids is 1. The van der Waals surface area contributed by atoms with Gasteiger partial charge in [0.2, 0.25) is 0 Å². The van der Waals surface area contributed by atoms with Crippen molar-refractivity contribution in [3.8, 4) is 11.1 Å². The van der Waals surface area contributed by atoms with Crippen molar-refractivity contribution in [1.82, 2.24) is 4.98 Å². The van der Waals surface area contributed by atoms with Gasteiger partial charge >= 0.3 is 5.97 Å². The molecule has 0 aliphatic heterocycles. The summed E-state index contributed by atoms with van der Waals surface area (Å²) in [6.07, 6.45) is 1.61. The van der Waals surface area contributed by atoms with E-state index in [1.54, 1.807) is 25.3 Å². The van der Waals surface area contributed by atoms with Crippen LogP contribution < -0.4 is 5.11 Å². The molecule has 0 atom stereocenters. The predicted octanol–water partition coefficient (Wildman–Crippen LogP) is 2.89. The number of methoxy groups -OCH3 is 1. The lowest BCUT2D eigenvalue weighted by molar-refractivity contribution is -0.255. The van der Waals surface area contributed by atoms with Crippen LogP contribution in [0.15, 0.2) is 59.6 Å². The highest BCUT2D eigenvalue weighted by molar-refractivity contribution is 6.04. The third-order valence-electron chi connectivity index (χ3n) is 4.11. The summed E-state index contributed by atoms with van der Waals surface area (Å²) in [6, 6.07) is 15.5. The second-order valence-electron chi connectivity index (χ2n) is 5.86. The first-order valence-corrected chi connectivity index (χ1v) is 8.23. The number of nitrogens with one attached hydrogen (secondary N) is 1. The fourth-order valence-electron chi connectivity index (χ4n) is 2.83. The minimum absolute atomic E-state index is 0.0858. The molecule has 136 valence electrons. The fraction of sp³-hybridized carbons (Fsp3) is 0.0952. The molecule has 6 heteroatoms. The maximum atomic E-state index is 12.3. The first-order chi connectivity index (χ1) is 13.0. The summed E-state index contributed by atoms with van der Waals surface area (Å²) in [5.41, 5.74) is 4.01. The van der Waals surface area contributed by atoms with E-state index < -0.39 is 11.9 Å². The zero-order chi connectivity index (χ0) is 19.4.